The van der Waals surface area contributed by atoms with Gasteiger partial charge >= 0.3 is 0 Å². The number of likely N-dealkylation sites (N-methyl/N-ethyl adjacent to an activating group) is 1. The first kappa shape index (κ1) is 14.7. The zero-order chi connectivity index (χ0) is 15.4. The first-order valence-electron chi connectivity index (χ1n) is 8.90. The lowest BCUT2D eigenvalue weighted by atomic mass is 9.42. The van der Waals surface area contributed by atoms with Crippen LogP contribution in [-0.4, -0.2) is 36.8 Å². The fourth-order valence-electron chi connectivity index (χ4n) is 6.39. The van der Waals surface area contributed by atoms with Gasteiger partial charge in [-0.2, -0.15) is 0 Å². The van der Waals surface area contributed by atoms with Gasteiger partial charge < -0.3 is 10.0 Å². The van der Waals surface area contributed by atoms with Crippen LogP contribution >= 0.6 is 0 Å². The second-order valence-corrected chi connectivity index (χ2v) is 8.75. The topological polar surface area (TPSA) is 23.5 Å². The Bertz CT molecular complexity index is 524. The Labute approximate surface area is 134 Å². The van der Waals surface area contributed by atoms with E-state index in [-0.39, 0.29) is 11.5 Å². The molecule has 120 valence electrons. The Morgan fingerprint density at radius 1 is 1.09 bits per heavy atom. The van der Waals surface area contributed by atoms with Crippen molar-refractivity contribution in [1.29, 1.82) is 0 Å². The van der Waals surface area contributed by atoms with Gasteiger partial charge in [0.25, 0.3) is 0 Å². The molecule has 4 fully saturated rings. The van der Waals surface area contributed by atoms with Crippen molar-refractivity contribution in [3.05, 3.63) is 35.9 Å². The number of aliphatic hydroxyl groups excluding tert-OH is 1. The van der Waals surface area contributed by atoms with Gasteiger partial charge in [-0.25, -0.2) is 0 Å². The fourth-order valence-corrected chi connectivity index (χ4v) is 6.39. The van der Waals surface area contributed by atoms with Crippen LogP contribution in [-0.2, 0) is 5.41 Å². The highest BCUT2D eigenvalue weighted by Crippen LogP contribution is 2.66. The lowest BCUT2D eigenvalue weighted by molar-refractivity contribution is -0.136. The van der Waals surface area contributed by atoms with Crippen LogP contribution in [0.1, 0.15) is 44.1 Å². The Morgan fingerprint density at radius 3 is 2.32 bits per heavy atom. The zero-order valence-corrected chi connectivity index (χ0v) is 14.0. The molecule has 4 saturated carbocycles. The lowest BCUT2D eigenvalue weighted by Crippen LogP contribution is -2.59. The quantitative estimate of drug-likeness (QED) is 0.920. The predicted octanol–water partition coefficient (Wildman–Crippen LogP) is 3.45. The van der Waals surface area contributed by atoms with E-state index in [1.165, 1.54) is 44.1 Å². The smallest absolute Gasteiger partial charge is 0.0723 e. The number of hydrogen-bond acceptors (Lipinski definition) is 2. The van der Waals surface area contributed by atoms with Crippen molar-refractivity contribution in [3.63, 3.8) is 0 Å². The number of rotatable bonds is 4. The van der Waals surface area contributed by atoms with Gasteiger partial charge in [0, 0.05) is 6.54 Å². The standard InChI is InChI=1S/C20H29NO/c1-21(2)13-18(22)20-11-15-8-16(12-20)10-19(9-15,14-20)17-6-4-3-5-7-17/h3-7,15-16,18,22H,8-14H2,1-2H3/t15-,16+,18-,19?,20?/m1/s1. The van der Waals surface area contributed by atoms with Gasteiger partial charge in [-0.05, 0) is 80.8 Å². The summed E-state index contributed by atoms with van der Waals surface area (Å²) >= 11 is 0. The molecule has 0 aliphatic heterocycles. The maximum atomic E-state index is 11.0. The van der Waals surface area contributed by atoms with Gasteiger partial charge in [-0.3, -0.25) is 0 Å². The van der Waals surface area contributed by atoms with Gasteiger partial charge in [-0.15, -0.1) is 0 Å². The summed E-state index contributed by atoms with van der Waals surface area (Å²) in [6.07, 6.45) is 7.65. The second kappa shape index (κ2) is 5.07. The maximum Gasteiger partial charge on any atom is 0.0723 e. The number of benzene rings is 1. The summed E-state index contributed by atoms with van der Waals surface area (Å²) < 4.78 is 0. The zero-order valence-electron chi connectivity index (χ0n) is 14.0. The number of aliphatic hydroxyl groups is 1. The summed E-state index contributed by atoms with van der Waals surface area (Å²) in [4.78, 5) is 2.15. The number of nitrogens with zero attached hydrogens (tertiary/aromatic N) is 1. The number of hydrogen-bond donors (Lipinski definition) is 1. The molecular formula is C20H29NO. The molecule has 2 nitrogen and oxygen atoms in total. The first-order chi connectivity index (χ1) is 10.5. The molecule has 22 heavy (non-hydrogen) atoms. The Kier molecular flexibility index (Phi) is 3.39. The molecule has 4 aliphatic rings. The minimum absolute atomic E-state index is 0.170. The Hall–Kier alpha value is -0.860. The van der Waals surface area contributed by atoms with E-state index in [9.17, 15) is 5.11 Å². The molecule has 2 unspecified atom stereocenters. The van der Waals surface area contributed by atoms with Crippen LogP contribution in [0.5, 0.6) is 0 Å². The van der Waals surface area contributed by atoms with E-state index in [1.807, 2.05) is 0 Å². The third kappa shape index (κ3) is 2.23. The molecule has 1 N–H and O–H groups in total. The molecule has 1 aromatic rings. The predicted molar refractivity (Wildman–Crippen MR) is 89.8 cm³/mol. The highest BCUT2D eigenvalue weighted by molar-refractivity contribution is 5.30. The van der Waals surface area contributed by atoms with E-state index in [1.54, 1.807) is 0 Å². The summed E-state index contributed by atoms with van der Waals surface area (Å²) in [6, 6.07) is 11.2. The van der Waals surface area contributed by atoms with E-state index >= 15 is 0 Å². The van der Waals surface area contributed by atoms with E-state index in [4.69, 9.17) is 0 Å². The van der Waals surface area contributed by atoms with Crippen LogP contribution in [0.2, 0.25) is 0 Å². The van der Waals surface area contributed by atoms with Gasteiger partial charge in [0.1, 0.15) is 0 Å². The minimum atomic E-state index is -0.170. The summed E-state index contributed by atoms with van der Waals surface area (Å²) in [6.45, 7) is 0.810. The summed E-state index contributed by atoms with van der Waals surface area (Å²) in [5.74, 6) is 1.66. The summed E-state index contributed by atoms with van der Waals surface area (Å²) in [5, 5.41) is 11.0. The molecule has 1 aromatic carbocycles. The van der Waals surface area contributed by atoms with Gasteiger partial charge in [0.05, 0.1) is 6.10 Å². The summed E-state index contributed by atoms with van der Waals surface area (Å²) in [5.41, 5.74) is 2.05. The van der Waals surface area contributed by atoms with Crippen LogP contribution in [0.15, 0.2) is 30.3 Å². The third-order valence-corrected chi connectivity index (χ3v) is 6.74. The van der Waals surface area contributed by atoms with Crippen molar-refractivity contribution in [2.75, 3.05) is 20.6 Å². The molecule has 0 radical (unpaired) electrons. The van der Waals surface area contributed by atoms with Gasteiger partial charge in [0.15, 0.2) is 0 Å². The van der Waals surface area contributed by atoms with Crippen molar-refractivity contribution < 1.29 is 5.11 Å². The second-order valence-electron chi connectivity index (χ2n) is 8.75. The van der Waals surface area contributed by atoms with Crippen LogP contribution in [0.4, 0.5) is 0 Å². The average Bonchev–Trinajstić information content (AvgIpc) is 2.46. The summed E-state index contributed by atoms with van der Waals surface area (Å²) in [7, 11) is 4.16. The van der Waals surface area contributed by atoms with E-state index in [0.717, 1.165) is 18.4 Å². The van der Waals surface area contributed by atoms with Crippen molar-refractivity contribution in [2.24, 2.45) is 17.3 Å². The van der Waals surface area contributed by atoms with Gasteiger partial charge in [0.2, 0.25) is 0 Å². The Morgan fingerprint density at radius 2 is 1.73 bits per heavy atom. The van der Waals surface area contributed by atoms with Crippen molar-refractivity contribution in [2.45, 2.75) is 50.0 Å². The van der Waals surface area contributed by atoms with Crippen LogP contribution in [0, 0.1) is 17.3 Å². The molecule has 5 rings (SSSR count). The van der Waals surface area contributed by atoms with Crippen LogP contribution < -0.4 is 0 Å². The molecule has 0 heterocycles. The van der Waals surface area contributed by atoms with E-state index in [0.29, 0.717) is 5.41 Å². The molecule has 5 atom stereocenters. The molecule has 4 aliphatic carbocycles. The van der Waals surface area contributed by atoms with Crippen molar-refractivity contribution >= 4 is 0 Å². The molecule has 0 spiro atoms. The van der Waals surface area contributed by atoms with Crippen molar-refractivity contribution in [3.8, 4) is 0 Å². The molecule has 0 aromatic heterocycles. The van der Waals surface area contributed by atoms with Crippen molar-refractivity contribution in [1.82, 2.24) is 4.90 Å². The Balaban J connectivity index is 1.69. The maximum absolute atomic E-state index is 11.0. The monoisotopic (exact) mass is 299 g/mol. The van der Waals surface area contributed by atoms with Crippen LogP contribution in [0.3, 0.4) is 0 Å². The van der Waals surface area contributed by atoms with Gasteiger partial charge in [-0.1, -0.05) is 30.3 Å². The molecular weight excluding hydrogens is 270 g/mol. The molecule has 2 heteroatoms. The minimum Gasteiger partial charge on any atom is -0.391 e. The SMILES string of the molecule is CN(C)C[C@@H](O)C12C[C@@H]3C[C@@H](CC(c4ccccc4)(C3)C1)C2. The molecule has 0 amide bonds. The normalized spacial score (nSPS) is 41.1. The highest BCUT2D eigenvalue weighted by atomic mass is 16.3. The molecule has 0 saturated heterocycles. The highest BCUT2D eigenvalue weighted by Gasteiger charge is 2.60. The fraction of sp³-hybridized carbons (Fsp3) is 0.700. The average molecular weight is 299 g/mol. The first-order valence-corrected chi connectivity index (χ1v) is 8.90. The van der Waals surface area contributed by atoms with E-state index in [2.05, 4.69) is 49.3 Å². The van der Waals surface area contributed by atoms with Crippen LogP contribution in [0.25, 0.3) is 0 Å². The lowest BCUT2D eigenvalue weighted by Gasteiger charge is -2.64. The molecule has 4 bridgehead atoms. The van der Waals surface area contributed by atoms with E-state index < -0.39 is 0 Å². The largest absolute Gasteiger partial charge is 0.391 e. The third-order valence-electron chi connectivity index (χ3n) is 6.74.